The SMILES string of the molecule is [CH]1C2CC3CC1CC(C2)C3. The molecule has 4 saturated carbocycles. The van der Waals surface area contributed by atoms with E-state index in [0.717, 1.165) is 23.7 Å². The summed E-state index contributed by atoms with van der Waals surface area (Å²) in [6, 6.07) is 0. The molecule has 0 aromatic rings. The van der Waals surface area contributed by atoms with E-state index in [9.17, 15) is 0 Å². The molecule has 4 bridgehead atoms. The number of rotatable bonds is 0. The lowest BCUT2D eigenvalue weighted by Gasteiger charge is -2.49. The van der Waals surface area contributed by atoms with E-state index in [2.05, 4.69) is 6.42 Å². The standard InChI is InChI=1S/C10H15/c1-7-2-9-4-8(1)5-10(3-7)6-9/h1,7-10H,2-6H2. The summed E-state index contributed by atoms with van der Waals surface area (Å²) in [5.74, 6) is 4.40. The van der Waals surface area contributed by atoms with Crippen molar-refractivity contribution in [1.82, 2.24) is 0 Å². The highest BCUT2D eigenvalue weighted by Crippen LogP contribution is 2.52. The quantitative estimate of drug-likeness (QED) is 0.479. The van der Waals surface area contributed by atoms with E-state index >= 15 is 0 Å². The minimum atomic E-state index is 1.05. The first kappa shape index (κ1) is 5.62. The van der Waals surface area contributed by atoms with Crippen LogP contribution in [-0.4, -0.2) is 0 Å². The van der Waals surface area contributed by atoms with Gasteiger partial charge in [0.05, 0.1) is 0 Å². The summed E-state index contributed by atoms with van der Waals surface area (Å²) in [5.41, 5.74) is 0. The van der Waals surface area contributed by atoms with Gasteiger partial charge in [0.2, 0.25) is 0 Å². The maximum atomic E-state index is 2.66. The number of hydrogen-bond donors (Lipinski definition) is 0. The van der Waals surface area contributed by atoms with Crippen molar-refractivity contribution in [3.63, 3.8) is 0 Å². The van der Waals surface area contributed by atoms with Crippen LogP contribution in [0.1, 0.15) is 32.1 Å². The lowest BCUT2D eigenvalue weighted by atomic mass is 9.56. The van der Waals surface area contributed by atoms with Crippen molar-refractivity contribution in [2.75, 3.05) is 0 Å². The third-order valence-corrected chi connectivity index (χ3v) is 3.76. The van der Waals surface area contributed by atoms with Crippen molar-refractivity contribution in [2.24, 2.45) is 23.7 Å². The second-order valence-electron chi connectivity index (χ2n) is 4.62. The van der Waals surface area contributed by atoms with Crippen LogP contribution in [0.4, 0.5) is 0 Å². The first-order chi connectivity index (χ1) is 4.90. The molecule has 4 aliphatic carbocycles. The van der Waals surface area contributed by atoms with Crippen LogP contribution < -0.4 is 0 Å². The van der Waals surface area contributed by atoms with Crippen molar-refractivity contribution >= 4 is 0 Å². The Labute approximate surface area is 63.0 Å². The number of hydrogen-bond acceptors (Lipinski definition) is 0. The van der Waals surface area contributed by atoms with Crippen molar-refractivity contribution in [1.29, 1.82) is 0 Å². The molecule has 0 heteroatoms. The van der Waals surface area contributed by atoms with Crippen molar-refractivity contribution in [3.8, 4) is 0 Å². The predicted octanol–water partition coefficient (Wildman–Crippen LogP) is 2.65. The second-order valence-corrected chi connectivity index (χ2v) is 4.62. The molecule has 4 fully saturated rings. The van der Waals surface area contributed by atoms with Crippen molar-refractivity contribution in [2.45, 2.75) is 32.1 Å². The van der Waals surface area contributed by atoms with Gasteiger partial charge < -0.3 is 0 Å². The van der Waals surface area contributed by atoms with Crippen LogP contribution in [0.25, 0.3) is 0 Å². The van der Waals surface area contributed by atoms with Gasteiger partial charge in [-0.3, -0.25) is 0 Å². The zero-order valence-electron chi connectivity index (χ0n) is 6.42. The molecule has 0 aliphatic heterocycles. The predicted molar refractivity (Wildman–Crippen MR) is 41.3 cm³/mol. The monoisotopic (exact) mass is 135 g/mol. The summed E-state index contributed by atoms with van der Waals surface area (Å²) in [7, 11) is 0. The lowest BCUT2D eigenvalue weighted by molar-refractivity contribution is 0.0649. The summed E-state index contributed by atoms with van der Waals surface area (Å²) in [6.45, 7) is 0. The first-order valence-electron chi connectivity index (χ1n) is 4.75. The Balaban J connectivity index is 1.90. The van der Waals surface area contributed by atoms with E-state index in [4.69, 9.17) is 0 Å². The molecular formula is C10H15. The maximum Gasteiger partial charge on any atom is -0.0323 e. The van der Waals surface area contributed by atoms with E-state index in [1.54, 1.807) is 32.1 Å². The first-order valence-corrected chi connectivity index (χ1v) is 4.75. The van der Waals surface area contributed by atoms with E-state index in [0.29, 0.717) is 0 Å². The van der Waals surface area contributed by atoms with Crippen molar-refractivity contribution in [3.05, 3.63) is 6.42 Å². The molecule has 0 aromatic heterocycles. The molecule has 55 valence electrons. The van der Waals surface area contributed by atoms with Crippen LogP contribution in [0.15, 0.2) is 0 Å². The van der Waals surface area contributed by atoms with E-state index in [-0.39, 0.29) is 0 Å². The molecule has 0 saturated heterocycles. The minimum absolute atomic E-state index is 1.05. The highest BCUT2D eigenvalue weighted by Gasteiger charge is 2.41. The molecule has 1 radical (unpaired) electrons. The summed E-state index contributed by atoms with van der Waals surface area (Å²) in [6.07, 6.45) is 10.4. The van der Waals surface area contributed by atoms with Crippen molar-refractivity contribution < 1.29 is 0 Å². The van der Waals surface area contributed by atoms with Gasteiger partial charge in [-0.05, 0) is 62.2 Å². The van der Waals surface area contributed by atoms with Gasteiger partial charge in [0.1, 0.15) is 0 Å². The zero-order chi connectivity index (χ0) is 6.55. The van der Waals surface area contributed by atoms with Crippen LogP contribution in [0.5, 0.6) is 0 Å². The van der Waals surface area contributed by atoms with Gasteiger partial charge in [-0.1, -0.05) is 0 Å². The third kappa shape index (κ3) is 0.681. The molecule has 10 heavy (non-hydrogen) atoms. The minimum Gasteiger partial charge on any atom is -0.0475 e. The van der Waals surface area contributed by atoms with Crippen LogP contribution in [0.3, 0.4) is 0 Å². The van der Waals surface area contributed by atoms with Gasteiger partial charge in [-0.2, -0.15) is 0 Å². The average Bonchev–Trinajstić information content (AvgIpc) is 1.82. The molecule has 0 N–H and O–H groups in total. The normalized spacial score (nSPS) is 57.6. The topological polar surface area (TPSA) is 0 Å². The molecule has 0 atom stereocenters. The van der Waals surface area contributed by atoms with E-state index in [1.807, 2.05) is 0 Å². The molecule has 0 nitrogen and oxygen atoms in total. The zero-order valence-corrected chi connectivity index (χ0v) is 6.42. The molecule has 0 unspecified atom stereocenters. The molecule has 0 spiro atoms. The molecule has 0 aromatic carbocycles. The molecule has 4 rings (SSSR count). The second kappa shape index (κ2) is 1.78. The van der Waals surface area contributed by atoms with Crippen LogP contribution >= 0.6 is 0 Å². The summed E-state index contributed by atoms with van der Waals surface area (Å²) >= 11 is 0. The van der Waals surface area contributed by atoms with Crippen LogP contribution in [0.2, 0.25) is 0 Å². The van der Waals surface area contributed by atoms with Crippen LogP contribution in [-0.2, 0) is 0 Å². The highest BCUT2D eigenvalue weighted by molar-refractivity contribution is 5.02. The summed E-state index contributed by atoms with van der Waals surface area (Å²) < 4.78 is 0. The average molecular weight is 135 g/mol. The lowest BCUT2D eigenvalue weighted by Crippen LogP contribution is -2.38. The molecule has 0 heterocycles. The van der Waals surface area contributed by atoms with E-state index < -0.39 is 0 Å². The molecule has 0 amide bonds. The highest BCUT2D eigenvalue weighted by atomic mass is 14.5. The molecular weight excluding hydrogens is 120 g/mol. The van der Waals surface area contributed by atoms with E-state index in [1.165, 1.54) is 0 Å². The Hall–Kier alpha value is 0. The van der Waals surface area contributed by atoms with Gasteiger partial charge in [0, 0.05) is 0 Å². The van der Waals surface area contributed by atoms with Gasteiger partial charge in [-0.15, -0.1) is 0 Å². The summed E-state index contributed by atoms with van der Waals surface area (Å²) in [5, 5.41) is 0. The summed E-state index contributed by atoms with van der Waals surface area (Å²) in [4.78, 5) is 0. The fourth-order valence-corrected chi connectivity index (χ4v) is 3.65. The third-order valence-electron chi connectivity index (χ3n) is 3.76. The van der Waals surface area contributed by atoms with Gasteiger partial charge in [0.15, 0.2) is 0 Å². The van der Waals surface area contributed by atoms with Gasteiger partial charge >= 0.3 is 0 Å². The van der Waals surface area contributed by atoms with Gasteiger partial charge in [0.25, 0.3) is 0 Å². The molecule has 4 aliphatic rings. The smallest absolute Gasteiger partial charge is 0.0323 e. The fourth-order valence-electron chi connectivity index (χ4n) is 3.65. The maximum absolute atomic E-state index is 2.66. The Kier molecular flexibility index (Phi) is 1.00. The Morgan fingerprint density at radius 1 is 0.700 bits per heavy atom. The Morgan fingerprint density at radius 3 is 1.60 bits per heavy atom. The fraction of sp³-hybridized carbons (Fsp3) is 0.900. The van der Waals surface area contributed by atoms with Gasteiger partial charge in [-0.25, -0.2) is 0 Å². The Morgan fingerprint density at radius 2 is 1.20 bits per heavy atom. The largest absolute Gasteiger partial charge is 0.0475 e. The Bertz CT molecular complexity index is 91.6. The van der Waals surface area contributed by atoms with Crippen LogP contribution in [0, 0.1) is 30.1 Å².